The summed E-state index contributed by atoms with van der Waals surface area (Å²) < 4.78 is 5.17. The number of anilines is 1. The summed E-state index contributed by atoms with van der Waals surface area (Å²) in [7, 11) is 1.67. The lowest BCUT2D eigenvalue weighted by atomic mass is 9.74. The van der Waals surface area contributed by atoms with Crippen molar-refractivity contribution in [2.75, 3.05) is 12.4 Å². The predicted molar refractivity (Wildman–Crippen MR) is 79.6 cm³/mol. The number of methoxy groups -OCH3 is 1. The molecule has 3 nitrogen and oxygen atoms in total. The zero-order chi connectivity index (χ0) is 14.0. The van der Waals surface area contributed by atoms with Crippen molar-refractivity contribution >= 4 is 5.69 Å². The standard InChI is InChI=1S/C17H22N2O/c1-20-16-8-6-15(7-9-16)19-17(12-18)10-2-3-14(11-17)13-4-5-13/h6-9,13-14,19H,2-5,10-11H2,1H3. The van der Waals surface area contributed by atoms with Crippen LogP contribution in [-0.2, 0) is 0 Å². The van der Waals surface area contributed by atoms with Gasteiger partial charge < -0.3 is 10.1 Å². The molecular formula is C17H22N2O. The summed E-state index contributed by atoms with van der Waals surface area (Å²) >= 11 is 0. The van der Waals surface area contributed by atoms with E-state index in [1.54, 1.807) is 7.11 Å². The van der Waals surface area contributed by atoms with E-state index in [-0.39, 0.29) is 5.54 Å². The van der Waals surface area contributed by atoms with Crippen molar-refractivity contribution < 1.29 is 4.74 Å². The second kappa shape index (κ2) is 5.36. The van der Waals surface area contributed by atoms with E-state index >= 15 is 0 Å². The van der Waals surface area contributed by atoms with Crippen LogP contribution in [0.3, 0.4) is 0 Å². The third kappa shape index (κ3) is 2.75. The summed E-state index contributed by atoms with van der Waals surface area (Å²) in [6.45, 7) is 0. The second-order valence-corrected chi connectivity index (χ2v) is 6.24. The van der Waals surface area contributed by atoms with E-state index in [1.807, 2.05) is 24.3 Å². The molecule has 20 heavy (non-hydrogen) atoms. The van der Waals surface area contributed by atoms with Gasteiger partial charge in [-0.25, -0.2) is 0 Å². The van der Waals surface area contributed by atoms with Gasteiger partial charge in [0, 0.05) is 5.69 Å². The average Bonchev–Trinajstić information content (AvgIpc) is 3.33. The molecule has 1 aromatic rings. The molecule has 2 saturated carbocycles. The Labute approximate surface area is 120 Å². The Hall–Kier alpha value is -1.69. The van der Waals surface area contributed by atoms with Gasteiger partial charge in [-0.1, -0.05) is 0 Å². The molecule has 0 radical (unpaired) electrons. The third-order valence-corrected chi connectivity index (χ3v) is 4.77. The minimum atomic E-state index is -0.375. The molecule has 2 atom stereocenters. The number of benzene rings is 1. The van der Waals surface area contributed by atoms with Gasteiger partial charge in [0.15, 0.2) is 0 Å². The molecule has 2 aliphatic rings. The number of nitrogens with zero attached hydrogens (tertiary/aromatic N) is 1. The summed E-state index contributed by atoms with van der Waals surface area (Å²) in [5.74, 6) is 2.48. The fourth-order valence-corrected chi connectivity index (χ4v) is 3.48. The lowest BCUT2D eigenvalue weighted by Gasteiger charge is -2.37. The topological polar surface area (TPSA) is 45.0 Å². The van der Waals surface area contributed by atoms with Crippen molar-refractivity contribution in [3.8, 4) is 11.8 Å². The smallest absolute Gasteiger partial charge is 0.125 e. The molecule has 2 fully saturated rings. The van der Waals surface area contributed by atoms with Crippen LogP contribution >= 0.6 is 0 Å². The summed E-state index contributed by atoms with van der Waals surface area (Å²) in [5.41, 5.74) is 0.642. The molecule has 0 spiro atoms. The summed E-state index contributed by atoms with van der Waals surface area (Å²) in [5, 5.41) is 13.2. The van der Waals surface area contributed by atoms with E-state index in [1.165, 1.54) is 19.3 Å². The molecule has 0 saturated heterocycles. The molecule has 0 aromatic heterocycles. The van der Waals surface area contributed by atoms with Gasteiger partial charge in [-0.3, -0.25) is 0 Å². The quantitative estimate of drug-likeness (QED) is 0.900. The van der Waals surface area contributed by atoms with Crippen molar-refractivity contribution in [3.05, 3.63) is 24.3 Å². The van der Waals surface area contributed by atoms with E-state index in [2.05, 4.69) is 11.4 Å². The zero-order valence-electron chi connectivity index (χ0n) is 12.1. The van der Waals surface area contributed by atoms with Crippen LogP contribution in [0, 0.1) is 23.2 Å². The van der Waals surface area contributed by atoms with Gasteiger partial charge in [-0.15, -0.1) is 0 Å². The van der Waals surface area contributed by atoms with Gasteiger partial charge in [0.05, 0.1) is 13.2 Å². The minimum absolute atomic E-state index is 0.375. The minimum Gasteiger partial charge on any atom is -0.497 e. The molecule has 1 N–H and O–H groups in total. The van der Waals surface area contributed by atoms with Crippen LogP contribution < -0.4 is 10.1 Å². The number of nitriles is 1. The first-order valence-electron chi connectivity index (χ1n) is 7.58. The largest absolute Gasteiger partial charge is 0.497 e. The lowest BCUT2D eigenvalue weighted by Crippen LogP contribution is -2.42. The Morgan fingerprint density at radius 3 is 2.55 bits per heavy atom. The number of hydrogen-bond donors (Lipinski definition) is 1. The van der Waals surface area contributed by atoms with Crippen LogP contribution in [0.2, 0.25) is 0 Å². The van der Waals surface area contributed by atoms with Crippen molar-refractivity contribution in [1.82, 2.24) is 0 Å². The van der Waals surface area contributed by atoms with Crippen LogP contribution in [0.5, 0.6) is 5.75 Å². The molecule has 0 heterocycles. The molecule has 2 unspecified atom stereocenters. The lowest BCUT2D eigenvalue weighted by molar-refractivity contribution is 0.263. The highest BCUT2D eigenvalue weighted by atomic mass is 16.5. The van der Waals surface area contributed by atoms with Gasteiger partial charge >= 0.3 is 0 Å². The highest BCUT2D eigenvalue weighted by Crippen LogP contribution is 2.47. The third-order valence-electron chi connectivity index (χ3n) is 4.77. The molecule has 2 aliphatic carbocycles. The van der Waals surface area contributed by atoms with Gasteiger partial charge in [-0.2, -0.15) is 5.26 Å². The highest BCUT2D eigenvalue weighted by molar-refractivity contribution is 5.50. The van der Waals surface area contributed by atoms with Crippen LogP contribution in [0.15, 0.2) is 24.3 Å². The van der Waals surface area contributed by atoms with Crippen molar-refractivity contribution in [3.63, 3.8) is 0 Å². The Morgan fingerprint density at radius 1 is 1.20 bits per heavy atom. The summed E-state index contributed by atoms with van der Waals surface area (Å²) in [6.07, 6.45) is 7.17. The monoisotopic (exact) mass is 270 g/mol. The summed E-state index contributed by atoms with van der Waals surface area (Å²) in [4.78, 5) is 0. The van der Waals surface area contributed by atoms with Crippen molar-refractivity contribution in [2.45, 2.75) is 44.1 Å². The van der Waals surface area contributed by atoms with E-state index in [0.29, 0.717) is 0 Å². The molecule has 3 heteroatoms. The molecule has 3 rings (SSSR count). The highest BCUT2D eigenvalue weighted by Gasteiger charge is 2.42. The van der Waals surface area contributed by atoms with Crippen molar-refractivity contribution in [1.29, 1.82) is 5.26 Å². The van der Waals surface area contributed by atoms with Crippen LogP contribution in [0.4, 0.5) is 5.69 Å². The number of rotatable bonds is 4. The fourth-order valence-electron chi connectivity index (χ4n) is 3.48. The Morgan fingerprint density at radius 2 is 1.95 bits per heavy atom. The van der Waals surface area contributed by atoms with E-state index < -0.39 is 0 Å². The maximum absolute atomic E-state index is 9.69. The predicted octanol–water partition coefficient (Wildman–Crippen LogP) is 3.97. The van der Waals surface area contributed by atoms with Gasteiger partial charge in [0.2, 0.25) is 0 Å². The Balaban J connectivity index is 1.72. The van der Waals surface area contributed by atoms with Crippen molar-refractivity contribution in [2.24, 2.45) is 11.8 Å². The van der Waals surface area contributed by atoms with Gasteiger partial charge in [0.25, 0.3) is 0 Å². The first kappa shape index (κ1) is 13.3. The second-order valence-electron chi connectivity index (χ2n) is 6.24. The number of nitrogens with one attached hydrogen (secondary N) is 1. The van der Waals surface area contributed by atoms with Crippen LogP contribution in [0.25, 0.3) is 0 Å². The zero-order valence-corrected chi connectivity index (χ0v) is 12.1. The van der Waals surface area contributed by atoms with Gasteiger partial charge in [0.1, 0.15) is 11.3 Å². The molecule has 1 aromatic carbocycles. The molecule has 0 aliphatic heterocycles. The molecule has 0 bridgehead atoms. The van der Waals surface area contributed by atoms with Crippen LogP contribution in [-0.4, -0.2) is 12.6 Å². The summed E-state index contributed by atoms with van der Waals surface area (Å²) in [6, 6.07) is 10.4. The SMILES string of the molecule is COc1ccc(NC2(C#N)CCCC(C3CC3)C2)cc1. The van der Waals surface area contributed by atoms with Crippen LogP contribution in [0.1, 0.15) is 38.5 Å². The Kier molecular flexibility index (Phi) is 3.56. The Bertz CT molecular complexity index is 501. The number of hydrogen-bond acceptors (Lipinski definition) is 3. The first-order chi connectivity index (χ1) is 9.74. The molecule has 106 valence electrons. The fraction of sp³-hybridized carbons (Fsp3) is 0.588. The molecular weight excluding hydrogens is 248 g/mol. The number of ether oxygens (including phenoxy) is 1. The van der Waals surface area contributed by atoms with E-state index in [0.717, 1.165) is 42.5 Å². The van der Waals surface area contributed by atoms with Gasteiger partial charge in [-0.05, 0) is 74.6 Å². The first-order valence-corrected chi connectivity index (χ1v) is 7.58. The maximum atomic E-state index is 9.69. The average molecular weight is 270 g/mol. The maximum Gasteiger partial charge on any atom is 0.125 e. The normalized spacial score (nSPS) is 29.5. The van der Waals surface area contributed by atoms with E-state index in [4.69, 9.17) is 4.74 Å². The molecule has 0 amide bonds. The van der Waals surface area contributed by atoms with E-state index in [9.17, 15) is 5.26 Å².